The van der Waals surface area contributed by atoms with Crippen molar-refractivity contribution in [1.29, 1.82) is 0 Å². The minimum atomic E-state index is -2.19. The van der Waals surface area contributed by atoms with Gasteiger partial charge in [-0.25, -0.2) is 9.59 Å². The second-order valence-corrected chi connectivity index (χ2v) is 9.86. The summed E-state index contributed by atoms with van der Waals surface area (Å²) in [4.78, 5) is 25.1. The van der Waals surface area contributed by atoms with Crippen LogP contribution in [0.3, 0.4) is 0 Å². The monoisotopic (exact) mass is 552 g/mol. The summed E-state index contributed by atoms with van der Waals surface area (Å²) in [7, 11) is 1.08. The number of aliphatic hydroxyl groups excluding tert-OH is 4. The van der Waals surface area contributed by atoms with E-state index in [9.17, 15) is 40.2 Å². The lowest BCUT2D eigenvalue weighted by Gasteiger charge is -2.46. The number of carbonyl (C=O) groups excluding carboxylic acids is 2. The summed E-state index contributed by atoms with van der Waals surface area (Å²) in [5, 5.41) is 63.3. The van der Waals surface area contributed by atoms with Gasteiger partial charge in [-0.1, -0.05) is 30.3 Å². The van der Waals surface area contributed by atoms with Crippen LogP contribution >= 0.6 is 0 Å². The zero-order valence-electron chi connectivity index (χ0n) is 21.2. The van der Waals surface area contributed by atoms with E-state index in [0.29, 0.717) is 0 Å². The highest BCUT2D eigenvalue weighted by molar-refractivity contribution is 5.91. The lowest BCUT2D eigenvalue weighted by molar-refractivity contribution is -0.352. The maximum absolute atomic E-state index is 12.6. The Bertz CT molecular complexity index is 1100. The minimum Gasteiger partial charge on any atom is -0.471 e. The number of ether oxygens (including phenoxy) is 5. The van der Waals surface area contributed by atoms with Crippen LogP contribution in [0.4, 0.5) is 0 Å². The predicted octanol–water partition coefficient (Wildman–Crippen LogP) is -1.66. The average Bonchev–Trinajstić information content (AvgIpc) is 3.12. The number of aliphatic hydroxyl groups is 6. The molecule has 0 bridgehead atoms. The Labute approximate surface area is 223 Å². The van der Waals surface area contributed by atoms with Crippen molar-refractivity contribution in [3.63, 3.8) is 0 Å². The van der Waals surface area contributed by atoms with E-state index in [1.807, 2.05) is 6.07 Å². The van der Waals surface area contributed by atoms with Crippen LogP contribution in [0.25, 0.3) is 6.08 Å². The molecule has 13 nitrogen and oxygen atoms in total. The summed E-state index contributed by atoms with van der Waals surface area (Å²) in [5.41, 5.74) is -3.92. The van der Waals surface area contributed by atoms with Crippen LogP contribution in [0, 0.1) is 5.92 Å². The number of esters is 2. The second kappa shape index (κ2) is 11.3. The highest BCUT2D eigenvalue weighted by atomic mass is 16.8. The molecule has 0 amide bonds. The van der Waals surface area contributed by atoms with E-state index in [1.54, 1.807) is 24.3 Å². The SMILES string of the molecule is COC(=O)C1=CO[C@@H](O[C@@H]2O[C@H](CO)[C@@H](O)[C@H](O)[C@H]2O)[C@@H]2[C@@](C)(O)C(OC(=O)/C=C/c3ccccc3)C[C@]12O. The van der Waals surface area contributed by atoms with Crippen molar-refractivity contribution in [2.24, 2.45) is 5.92 Å². The van der Waals surface area contributed by atoms with Gasteiger partial charge in [0.1, 0.15) is 47.3 Å². The maximum Gasteiger partial charge on any atom is 0.339 e. The van der Waals surface area contributed by atoms with Gasteiger partial charge in [0, 0.05) is 12.5 Å². The van der Waals surface area contributed by atoms with E-state index < -0.39 is 85.2 Å². The van der Waals surface area contributed by atoms with Crippen LogP contribution < -0.4 is 0 Å². The van der Waals surface area contributed by atoms with Crippen LogP contribution in [-0.4, -0.2) is 111 Å². The summed E-state index contributed by atoms with van der Waals surface area (Å²) in [5.74, 6) is -3.31. The first kappa shape index (κ1) is 29.1. The van der Waals surface area contributed by atoms with Crippen molar-refractivity contribution >= 4 is 18.0 Å². The molecule has 4 rings (SSSR count). The number of benzene rings is 1. The average molecular weight is 553 g/mol. The Morgan fingerprint density at radius 3 is 2.41 bits per heavy atom. The Balaban J connectivity index is 1.61. The third-order valence-electron chi connectivity index (χ3n) is 7.34. The zero-order valence-corrected chi connectivity index (χ0v) is 21.2. The molecular formula is C26H32O13. The summed E-state index contributed by atoms with van der Waals surface area (Å²) >= 11 is 0. The Morgan fingerprint density at radius 1 is 1.08 bits per heavy atom. The van der Waals surface area contributed by atoms with Gasteiger partial charge in [-0.05, 0) is 18.6 Å². The van der Waals surface area contributed by atoms with E-state index >= 15 is 0 Å². The quantitative estimate of drug-likeness (QED) is 0.166. The Kier molecular flexibility index (Phi) is 8.44. The molecule has 2 aliphatic heterocycles. The van der Waals surface area contributed by atoms with Crippen LogP contribution in [0.5, 0.6) is 0 Å². The third kappa shape index (κ3) is 5.44. The van der Waals surface area contributed by atoms with Crippen LogP contribution in [0.1, 0.15) is 18.9 Å². The second-order valence-electron chi connectivity index (χ2n) is 9.86. The first-order chi connectivity index (χ1) is 18.4. The molecule has 1 saturated heterocycles. The van der Waals surface area contributed by atoms with Gasteiger partial charge in [-0.3, -0.25) is 0 Å². The van der Waals surface area contributed by atoms with E-state index in [2.05, 4.69) is 0 Å². The molecule has 13 heteroatoms. The fraction of sp³-hybridized carbons (Fsp3) is 0.538. The number of hydrogen-bond donors (Lipinski definition) is 6. The smallest absolute Gasteiger partial charge is 0.339 e. The topological polar surface area (TPSA) is 202 Å². The van der Waals surface area contributed by atoms with Crippen LogP contribution in [-0.2, 0) is 33.3 Å². The number of hydrogen-bond acceptors (Lipinski definition) is 13. The molecule has 0 spiro atoms. The van der Waals surface area contributed by atoms with Crippen molar-refractivity contribution in [3.05, 3.63) is 53.8 Å². The van der Waals surface area contributed by atoms with Crippen molar-refractivity contribution in [1.82, 2.24) is 0 Å². The number of carbonyl (C=O) groups is 2. The lowest BCUT2D eigenvalue weighted by Crippen LogP contribution is -2.62. The highest BCUT2D eigenvalue weighted by Gasteiger charge is 2.69. The van der Waals surface area contributed by atoms with E-state index in [1.165, 1.54) is 13.0 Å². The summed E-state index contributed by atoms with van der Waals surface area (Å²) < 4.78 is 26.8. The molecule has 2 fully saturated rings. The fourth-order valence-electron chi connectivity index (χ4n) is 5.22. The molecule has 2 heterocycles. The third-order valence-corrected chi connectivity index (χ3v) is 7.34. The molecule has 39 heavy (non-hydrogen) atoms. The number of rotatable bonds is 7. The molecule has 3 aliphatic rings. The van der Waals surface area contributed by atoms with Gasteiger partial charge in [0.2, 0.25) is 6.29 Å². The first-order valence-corrected chi connectivity index (χ1v) is 12.2. The van der Waals surface area contributed by atoms with E-state index in [0.717, 1.165) is 25.0 Å². The zero-order chi connectivity index (χ0) is 28.5. The fourth-order valence-corrected chi connectivity index (χ4v) is 5.22. The molecular weight excluding hydrogens is 520 g/mol. The van der Waals surface area contributed by atoms with Gasteiger partial charge in [0.05, 0.1) is 25.9 Å². The predicted molar refractivity (Wildman–Crippen MR) is 129 cm³/mol. The molecule has 0 radical (unpaired) electrons. The standard InChI is InChI=1S/C26H32O13/c1-25(33)16(38-17(28)9-8-13-6-4-3-5-7-13)10-26(34)14(22(32)35-2)12-36-24(21(25)26)39-23-20(31)19(30)18(29)15(11-27)37-23/h3-9,12,15-16,18-21,23-24,27,29-31,33-34H,10-11H2,1-2H3/b9-8+/t15-,16?,18-,19+,20-,21-,23+,24+,25+,26+/m1/s1. The molecule has 1 saturated carbocycles. The summed E-state index contributed by atoms with van der Waals surface area (Å²) in [6.45, 7) is 0.532. The minimum absolute atomic E-state index is 0.373. The molecule has 1 aromatic carbocycles. The Morgan fingerprint density at radius 2 is 1.77 bits per heavy atom. The molecule has 1 aromatic rings. The molecule has 214 valence electrons. The molecule has 10 atom stereocenters. The normalized spacial score (nSPS) is 39.9. The lowest BCUT2D eigenvalue weighted by atomic mass is 9.77. The largest absolute Gasteiger partial charge is 0.471 e. The number of fused-ring (bicyclic) bond motifs is 1. The molecule has 6 N–H and O–H groups in total. The first-order valence-electron chi connectivity index (χ1n) is 12.2. The number of methoxy groups -OCH3 is 1. The van der Waals surface area contributed by atoms with Crippen LogP contribution in [0.15, 0.2) is 48.2 Å². The van der Waals surface area contributed by atoms with Gasteiger partial charge in [0.25, 0.3) is 0 Å². The van der Waals surface area contributed by atoms with E-state index in [4.69, 9.17) is 23.7 Å². The van der Waals surface area contributed by atoms with Crippen molar-refractivity contribution in [2.45, 2.75) is 67.6 Å². The molecule has 0 aromatic heterocycles. The maximum atomic E-state index is 12.6. The van der Waals surface area contributed by atoms with Gasteiger partial charge < -0.3 is 54.3 Å². The van der Waals surface area contributed by atoms with Crippen LogP contribution in [0.2, 0.25) is 0 Å². The molecule has 1 unspecified atom stereocenters. The molecule has 1 aliphatic carbocycles. The Hall–Kier alpha value is -2.88. The van der Waals surface area contributed by atoms with Gasteiger partial charge in [0.15, 0.2) is 6.29 Å². The van der Waals surface area contributed by atoms with Gasteiger partial charge in [-0.15, -0.1) is 0 Å². The highest BCUT2D eigenvalue weighted by Crippen LogP contribution is 2.53. The van der Waals surface area contributed by atoms with E-state index in [-0.39, 0.29) is 5.57 Å². The van der Waals surface area contributed by atoms with Crippen molar-refractivity contribution < 1.29 is 63.9 Å². The summed E-state index contributed by atoms with van der Waals surface area (Å²) in [6, 6.07) is 8.90. The van der Waals surface area contributed by atoms with Crippen molar-refractivity contribution in [3.8, 4) is 0 Å². The van der Waals surface area contributed by atoms with Gasteiger partial charge >= 0.3 is 11.9 Å². The van der Waals surface area contributed by atoms with Crippen molar-refractivity contribution in [2.75, 3.05) is 13.7 Å². The van der Waals surface area contributed by atoms with Gasteiger partial charge in [-0.2, -0.15) is 0 Å². The summed E-state index contributed by atoms with van der Waals surface area (Å²) in [6.07, 6.45) is -8.13.